The number of thiophene rings is 1. The molecule has 0 radical (unpaired) electrons. The number of aryl methyl sites for hydroxylation is 3. The molecule has 2 heterocycles. The second-order valence-electron chi connectivity index (χ2n) is 3.93. The monoisotopic (exact) mass is 236 g/mol. The zero-order chi connectivity index (χ0) is 11.5. The van der Waals surface area contributed by atoms with Crippen LogP contribution in [0.5, 0.6) is 0 Å². The van der Waals surface area contributed by atoms with Crippen LogP contribution in [0.4, 0.5) is 0 Å². The van der Waals surface area contributed by atoms with Gasteiger partial charge in [-0.2, -0.15) is 0 Å². The molecule has 0 saturated heterocycles. The van der Waals surface area contributed by atoms with Gasteiger partial charge in [0, 0.05) is 23.5 Å². The smallest absolute Gasteiger partial charge is 0.138 e. The fourth-order valence-corrected chi connectivity index (χ4v) is 2.52. The molecule has 2 aromatic rings. The van der Waals surface area contributed by atoms with Gasteiger partial charge in [0.15, 0.2) is 0 Å². The van der Waals surface area contributed by atoms with E-state index in [1.165, 1.54) is 16.0 Å². The first kappa shape index (κ1) is 11.4. The third-order valence-electron chi connectivity index (χ3n) is 2.74. The van der Waals surface area contributed by atoms with Crippen LogP contribution in [0.3, 0.4) is 0 Å². The molecule has 0 bridgehead atoms. The minimum Gasteiger partial charge on any atom is -0.361 e. The molecule has 3 nitrogen and oxygen atoms in total. The Morgan fingerprint density at radius 3 is 2.69 bits per heavy atom. The summed E-state index contributed by atoms with van der Waals surface area (Å²) in [6, 6.07) is 2.15. The third-order valence-corrected chi connectivity index (χ3v) is 3.76. The lowest BCUT2D eigenvalue weighted by Gasteiger charge is -2.03. The molecule has 0 amide bonds. The number of nitrogens with zero attached hydrogens (tertiary/aromatic N) is 1. The van der Waals surface area contributed by atoms with Crippen molar-refractivity contribution in [3.63, 3.8) is 0 Å². The number of hydrogen-bond donors (Lipinski definition) is 1. The quantitative estimate of drug-likeness (QED) is 0.887. The predicted octanol–water partition coefficient (Wildman–Crippen LogP) is 2.95. The molecule has 0 unspecified atom stereocenters. The Hall–Kier alpha value is -1.13. The predicted molar refractivity (Wildman–Crippen MR) is 65.6 cm³/mol. The molecule has 0 atom stereocenters. The van der Waals surface area contributed by atoms with E-state index < -0.39 is 0 Å². The van der Waals surface area contributed by atoms with E-state index in [2.05, 4.69) is 28.8 Å². The summed E-state index contributed by atoms with van der Waals surface area (Å²) >= 11 is 1.79. The highest BCUT2D eigenvalue weighted by Gasteiger charge is 2.08. The Morgan fingerprint density at radius 2 is 2.12 bits per heavy atom. The van der Waals surface area contributed by atoms with Crippen LogP contribution < -0.4 is 5.32 Å². The Kier molecular flexibility index (Phi) is 3.41. The van der Waals surface area contributed by atoms with E-state index in [9.17, 15) is 0 Å². The van der Waals surface area contributed by atoms with Crippen LogP contribution in [0, 0.1) is 20.8 Å². The Bertz CT molecular complexity index is 454. The van der Waals surface area contributed by atoms with E-state index in [0.29, 0.717) is 0 Å². The minimum atomic E-state index is 0.818. The Morgan fingerprint density at radius 1 is 1.31 bits per heavy atom. The van der Waals surface area contributed by atoms with Gasteiger partial charge < -0.3 is 9.84 Å². The van der Waals surface area contributed by atoms with Crippen molar-refractivity contribution in [3.05, 3.63) is 38.9 Å². The summed E-state index contributed by atoms with van der Waals surface area (Å²) in [6.45, 7) is 7.80. The second kappa shape index (κ2) is 4.80. The van der Waals surface area contributed by atoms with E-state index in [0.717, 1.165) is 24.5 Å². The van der Waals surface area contributed by atoms with Crippen LogP contribution in [-0.4, -0.2) is 5.16 Å². The van der Waals surface area contributed by atoms with Crippen LogP contribution >= 0.6 is 11.3 Å². The van der Waals surface area contributed by atoms with E-state index in [-0.39, 0.29) is 0 Å². The van der Waals surface area contributed by atoms with E-state index in [4.69, 9.17) is 4.52 Å². The zero-order valence-corrected chi connectivity index (χ0v) is 10.6. The van der Waals surface area contributed by atoms with Gasteiger partial charge in [-0.3, -0.25) is 0 Å². The number of rotatable bonds is 4. The first-order valence-electron chi connectivity index (χ1n) is 5.34. The minimum absolute atomic E-state index is 0.818. The lowest BCUT2D eigenvalue weighted by Crippen LogP contribution is -2.13. The maximum Gasteiger partial charge on any atom is 0.138 e. The maximum atomic E-state index is 5.12. The average Bonchev–Trinajstić information content (AvgIpc) is 2.79. The number of aromatic nitrogens is 1. The Labute approximate surface area is 99.5 Å². The molecule has 0 aliphatic rings. The fourth-order valence-electron chi connectivity index (χ4n) is 1.64. The molecule has 0 aromatic carbocycles. The standard InChI is InChI=1S/C12H16N2OS/c1-8-4-5-16-12(8)7-13-6-11-9(2)14-15-10(11)3/h4-5,13H,6-7H2,1-3H3. The van der Waals surface area contributed by atoms with Gasteiger partial charge in [0.2, 0.25) is 0 Å². The van der Waals surface area contributed by atoms with Gasteiger partial charge in [0.1, 0.15) is 5.76 Å². The summed E-state index contributed by atoms with van der Waals surface area (Å²) in [7, 11) is 0. The van der Waals surface area contributed by atoms with Gasteiger partial charge in [-0.05, 0) is 37.8 Å². The summed E-state index contributed by atoms with van der Waals surface area (Å²) in [4.78, 5) is 1.40. The van der Waals surface area contributed by atoms with Crippen LogP contribution in [0.1, 0.15) is 27.5 Å². The third kappa shape index (κ3) is 2.33. The van der Waals surface area contributed by atoms with Gasteiger partial charge in [-0.15, -0.1) is 11.3 Å². The van der Waals surface area contributed by atoms with Gasteiger partial charge >= 0.3 is 0 Å². The van der Waals surface area contributed by atoms with Crippen LogP contribution in [0.2, 0.25) is 0 Å². The van der Waals surface area contributed by atoms with Crippen LogP contribution in [-0.2, 0) is 13.1 Å². The molecule has 16 heavy (non-hydrogen) atoms. The molecule has 0 aliphatic heterocycles. The summed E-state index contributed by atoms with van der Waals surface area (Å²) in [5.41, 5.74) is 3.51. The van der Waals surface area contributed by atoms with Crippen molar-refractivity contribution < 1.29 is 4.52 Å². The van der Waals surface area contributed by atoms with E-state index >= 15 is 0 Å². The molecular weight excluding hydrogens is 220 g/mol. The van der Waals surface area contributed by atoms with Crippen molar-refractivity contribution in [1.82, 2.24) is 10.5 Å². The molecule has 4 heteroatoms. The molecule has 0 fully saturated rings. The zero-order valence-electron chi connectivity index (χ0n) is 9.83. The molecule has 0 aliphatic carbocycles. The summed E-state index contributed by atoms with van der Waals surface area (Å²) in [6.07, 6.45) is 0. The second-order valence-corrected chi connectivity index (χ2v) is 4.93. The largest absolute Gasteiger partial charge is 0.361 e. The molecule has 2 rings (SSSR count). The summed E-state index contributed by atoms with van der Waals surface area (Å²) in [5, 5.41) is 9.49. The first-order chi connectivity index (χ1) is 7.68. The highest BCUT2D eigenvalue weighted by Crippen LogP contribution is 2.16. The highest BCUT2D eigenvalue weighted by atomic mass is 32.1. The van der Waals surface area contributed by atoms with E-state index in [1.54, 1.807) is 11.3 Å². The molecule has 1 N–H and O–H groups in total. The normalized spacial score (nSPS) is 10.9. The Balaban J connectivity index is 1.92. The van der Waals surface area contributed by atoms with Crippen LogP contribution in [0.15, 0.2) is 16.0 Å². The molecule has 0 spiro atoms. The summed E-state index contributed by atoms with van der Waals surface area (Å²) in [5.74, 6) is 0.910. The van der Waals surface area contributed by atoms with Crippen LogP contribution in [0.25, 0.3) is 0 Å². The molecule has 86 valence electrons. The number of hydrogen-bond acceptors (Lipinski definition) is 4. The highest BCUT2D eigenvalue weighted by molar-refractivity contribution is 7.10. The fraction of sp³-hybridized carbons (Fsp3) is 0.417. The van der Waals surface area contributed by atoms with E-state index in [1.807, 2.05) is 13.8 Å². The lowest BCUT2D eigenvalue weighted by atomic mass is 10.2. The molecular formula is C12H16N2OS. The van der Waals surface area contributed by atoms with Gasteiger partial charge in [0.05, 0.1) is 5.69 Å². The number of nitrogens with one attached hydrogen (secondary N) is 1. The SMILES string of the molecule is Cc1ccsc1CNCc1c(C)noc1C. The van der Waals surface area contributed by atoms with Gasteiger partial charge in [-0.25, -0.2) is 0 Å². The first-order valence-corrected chi connectivity index (χ1v) is 6.22. The van der Waals surface area contributed by atoms with Crippen molar-refractivity contribution in [2.75, 3.05) is 0 Å². The average molecular weight is 236 g/mol. The molecule has 2 aromatic heterocycles. The van der Waals surface area contributed by atoms with Crippen molar-refractivity contribution in [1.29, 1.82) is 0 Å². The van der Waals surface area contributed by atoms with Crippen molar-refractivity contribution in [3.8, 4) is 0 Å². The van der Waals surface area contributed by atoms with Gasteiger partial charge in [-0.1, -0.05) is 5.16 Å². The van der Waals surface area contributed by atoms with Gasteiger partial charge in [0.25, 0.3) is 0 Å². The topological polar surface area (TPSA) is 38.1 Å². The summed E-state index contributed by atoms with van der Waals surface area (Å²) < 4.78 is 5.12. The van der Waals surface area contributed by atoms with Crippen molar-refractivity contribution >= 4 is 11.3 Å². The van der Waals surface area contributed by atoms with Crippen molar-refractivity contribution in [2.24, 2.45) is 0 Å². The lowest BCUT2D eigenvalue weighted by molar-refractivity contribution is 0.392. The maximum absolute atomic E-state index is 5.12. The van der Waals surface area contributed by atoms with Crippen molar-refractivity contribution in [2.45, 2.75) is 33.9 Å². The molecule has 0 saturated carbocycles.